The zero-order valence-electron chi connectivity index (χ0n) is 10.1. The predicted octanol–water partition coefficient (Wildman–Crippen LogP) is 3.61. The third-order valence-corrected chi connectivity index (χ3v) is 4.15. The second-order valence-corrected chi connectivity index (χ2v) is 5.64. The number of halogens is 1. The van der Waals surface area contributed by atoms with Crippen molar-refractivity contribution in [1.82, 2.24) is 5.32 Å². The van der Waals surface area contributed by atoms with Gasteiger partial charge in [-0.25, -0.2) is 0 Å². The molecule has 1 amide bonds. The van der Waals surface area contributed by atoms with Crippen LogP contribution in [0.5, 0.6) is 0 Å². The fraction of sp³-hybridized carbons (Fsp3) is 0.500. The summed E-state index contributed by atoms with van der Waals surface area (Å²) in [7, 11) is 0. The molecular weight excluding hydrogens is 278 g/mol. The molecule has 1 aliphatic rings. The molecule has 1 saturated carbocycles. The van der Waals surface area contributed by atoms with Gasteiger partial charge in [-0.15, -0.1) is 0 Å². The smallest absolute Gasteiger partial charge is 0.217 e. The molecule has 3 heteroatoms. The first kappa shape index (κ1) is 12.6. The van der Waals surface area contributed by atoms with Crippen LogP contribution in [0.15, 0.2) is 28.7 Å². The van der Waals surface area contributed by atoms with Gasteiger partial charge in [0.25, 0.3) is 0 Å². The van der Waals surface area contributed by atoms with Crippen LogP contribution in [0.25, 0.3) is 0 Å². The molecule has 0 unspecified atom stereocenters. The van der Waals surface area contributed by atoms with Crippen molar-refractivity contribution in [2.45, 2.75) is 44.6 Å². The lowest BCUT2D eigenvalue weighted by Crippen LogP contribution is -2.36. The lowest BCUT2D eigenvalue weighted by Gasteiger charge is -2.30. The average molecular weight is 296 g/mol. The minimum absolute atomic E-state index is 0.0859. The fourth-order valence-corrected chi connectivity index (χ4v) is 3.31. The summed E-state index contributed by atoms with van der Waals surface area (Å²) in [6.07, 6.45) is 4.58. The van der Waals surface area contributed by atoms with Gasteiger partial charge < -0.3 is 5.32 Å². The van der Waals surface area contributed by atoms with Crippen LogP contribution in [-0.4, -0.2) is 11.9 Å². The van der Waals surface area contributed by atoms with E-state index in [4.69, 9.17) is 0 Å². The first-order valence-corrected chi connectivity index (χ1v) is 6.97. The van der Waals surface area contributed by atoms with Crippen LogP contribution in [0, 0.1) is 0 Å². The highest BCUT2D eigenvalue weighted by Gasteiger charge is 2.24. The van der Waals surface area contributed by atoms with E-state index < -0.39 is 0 Å². The van der Waals surface area contributed by atoms with E-state index in [0.29, 0.717) is 12.0 Å². The van der Waals surface area contributed by atoms with Gasteiger partial charge >= 0.3 is 0 Å². The molecule has 1 aliphatic carbocycles. The Balaban J connectivity index is 2.07. The summed E-state index contributed by atoms with van der Waals surface area (Å²) in [5.41, 5.74) is 1.38. The molecule has 0 aromatic heterocycles. The van der Waals surface area contributed by atoms with E-state index in [2.05, 4.69) is 39.4 Å². The van der Waals surface area contributed by atoms with Gasteiger partial charge in [-0.3, -0.25) is 4.79 Å². The van der Waals surface area contributed by atoms with E-state index in [-0.39, 0.29) is 5.91 Å². The molecule has 1 aromatic rings. The standard InChI is InChI=1S/C14H18BrNO/c1-10(17)16-12-6-4-5-11(9-12)13-7-2-3-8-14(13)15/h2-3,7-8,11-12H,4-6,9H2,1H3,(H,16,17)/t11-,12+/m1/s1. The lowest BCUT2D eigenvalue weighted by atomic mass is 9.81. The Bertz CT molecular complexity index is 405. The number of carbonyl (C=O) groups is 1. The number of hydrogen-bond donors (Lipinski definition) is 1. The maximum absolute atomic E-state index is 11.1. The number of hydrogen-bond acceptors (Lipinski definition) is 1. The van der Waals surface area contributed by atoms with Crippen molar-refractivity contribution in [3.8, 4) is 0 Å². The lowest BCUT2D eigenvalue weighted by molar-refractivity contribution is -0.119. The summed E-state index contributed by atoms with van der Waals surface area (Å²) in [5.74, 6) is 0.652. The Morgan fingerprint density at radius 2 is 2.12 bits per heavy atom. The topological polar surface area (TPSA) is 29.1 Å². The van der Waals surface area contributed by atoms with Crippen molar-refractivity contribution in [3.63, 3.8) is 0 Å². The van der Waals surface area contributed by atoms with Gasteiger partial charge in [0, 0.05) is 17.4 Å². The summed E-state index contributed by atoms with van der Waals surface area (Å²) in [4.78, 5) is 11.1. The molecule has 1 fully saturated rings. The van der Waals surface area contributed by atoms with E-state index >= 15 is 0 Å². The van der Waals surface area contributed by atoms with Crippen LogP contribution in [0.1, 0.15) is 44.1 Å². The van der Waals surface area contributed by atoms with Gasteiger partial charge in [0.1, 0.15) is 0 Å². The predicted molar refractivity (Wildman–Crippen MR) is 73.0 cm³/mol. The largest absolute Gasteiger partial charge is 0.354 e. The van der Waals surface area contributed by atoms with E-state index in [9.17, 15) is 4.79 Å². The summed E-state index contributed by atoms with van der Waals surface area (Å²) in [6, 6.07) is 8.75. The maximum atomic E-state index is 11.1. The zero-order valence-corrected chi connectivity index (χ0v) is 11.7. The highest BCUT2D eigenvalue weighted by molar-refractivity contribution is 9.10. The quantitative estimate of drug-likeness (QED) is 0.887. The molecule has 0 radical (unpaired) electrons. The van der Waals surface area contributed by atoms with Gasteiger partial charge in [-0.2, -0.15) is 0 Å². The highest BCUT2D eigenvalue weighted by atomic mass is 79.9. The Kier molecular flexibility index (Phi) is 4.21. The molecule has 0 saturated heterocycles. The maximum Gasteiger partial charge on any atom is 0.217 e. The van der Waals surface area contributed by atoms with E-state index in [1.165, 1.54) is 22.9 Å². The molecule has 0 spiro atoms. The third kappa shape index (κ3) is 3.32. The van der Waals surface area contributed by atoms with Crippen molar-refractivity contribution in [3.05, 3.63) is 34.3 Å². The van der Waals surface area contributed by atoms with E-state index in [0.717, 1.165) is 12.8 Å². The van der Waals surface area contributed by atoms with Crippen LogP contribution in [-0.2, 0) is 4.79 Å². The SMILES string of the molecule is CC(=O)N[C@H]1CCC[C@@H](c2ccccc2Br)C1. The van der Waals surface area contributed by atoms with Crippen LogP contribution in [0.4, 0.5) is 0 Å². The zero-order chi connectivity index (χ0) is 12.3. The van der Waals surface area contributed by atoms with Gasteiger partial charge in [0.2, 0.25) is 5.91 Å². The number of nitrogens with one attached hydrogen (secondary N) is 1. The minimum atomic E-state index is 0.0859. The van der Waals surface area contributed by atoms with Crippen molar-refractivity contribution in [2.75, 3.05) is 0 Å². The Morgan fingerprint density at radius 3 is 2.82 bits per heavy atom. The molecule has 1 aromatic carbocycles. The summed E-state index contributed by atoms with van der Waals surface area (Å²) in [6.45, 7) is 1.60. The molecule has 1 N–H and O–H groups in total. The third-order valence-electron chi connectivity index (χ3n) is 3.43. The molecule has 0 heterocycles. The number of carbonyl (C=O) groups excluding carboxylic acids is 1. The van der Waals surface area contributed by atoms with Gasteiger partial charge in [-0.05, 0) is 36.8 Å². The van der Waals surface area contributed by atoms with E-state index in [1.54, 1.807) is 6.92 Å². The normalized spacial score (nSPS) is 24.4. The highest BCUT2D eigenvalue weighted by Crippen LogP contribution is 2.36. The Morgan fingerprint density at radius 1 is 1.35 bits per heavy atom. The van der Waals surface area contributed by atoms with Crippen LogP contribution in [0.3, 0.4) is 0 Å². The first-order chi connectivity index (χ1) is 8.16. The van der Waals surface area contributed by atoms with Crippen molar-refractivity contribution in [2.24, 2.45) is 0 Å². The number of amides is 1. The summed E-state index contributed by atoms with van der Waals surface area (Å²) >= 11 is 3.62. The van der Waals surface area contributed by atoms with Crippen LogP contribution < -0.4 is 5.32 Å². The van der Waals surface area contributed by atoms with Crippen LogP contribution in [0.2, 0.25) is 0 Å². The molecule has 2 nitrogen and oxygen atoms in total. The molecular formula is C14H18BrNO. The van der Waals surface area contributed by atoms with Crippen molar-refractivity contribution >= 4 is 21.8 Å². The molecule has 17 heavy (non-hydrogen) atoms. The van der Waals surface area contributed by atoms with E-state index in [1.807, 2.05) is 6.07 Å². The Labute approximate surface area is 111 Å². The summed E-state index contributed by atoms with van der Waals surface area (Å²) < 4.78 is 1.19. The molecule has 2 atom stereocenters. The second kappa shape index (κ2) is 5.67. The monoisotopic (exact) mass is 295 g/mol. The van der Waals surface area contributed by atoms with Crippen molar-refractivity contribution < 1.29 is 4.79 Å². The average Bonchev–Trinajstić information content (AvgIpc) is 2.29. The van der Waals surface area contributed by atoms with Gasteiger partial charge in [0.05, 0.1) is 0 Å². The molecule has 92 valence electrons. The molecule has 2 rings (SSSR count). The van der Waals surface area contributed by atoms with Crippen LogP contribution >= 0.6 is 15.9 Å². The first-order valence-electron chi connectivity index (χ1n) is 6.18. The number of rotatable bonds is 2. The Hall–Kier alpha value is -0.830. The minimum Gasteiger partial charge on any atom is -0.354 e. The fourth-order valence-electron chi connectivity index (χ4n) is 2.70. The molecule has 0 aliphatic heterocycles. The van der Waals surface area contributed by atoms with Gasteiger partial charge in [-0.1, -0.05) is 40.5 Å². The van der Waals surface area contributed by atoms with Crippen molar-refractivity contribution in [1.29, 1.82) is 0 Å². The number of benzene rings is 1. The molecule has 0 bridgehead atoms. The second-order valence-electron chi connectivity index (χ2n) is 4.78. The van der Waals surface area contributed by atoms with Gasteiger partial charge in [0.15, 0.2) is 0 Å². The summed E-state index contributed by atoms with van der Waals surface area (Å²) in [5, 5.41) is 3.05.